The highest BCUT2D eigenvalue weighted by Gasteiger charge is 2.53. The van der Waals surface area contributed by atoms with Gasteiger partial charge in [0, 0.05) is 13.5 Å². The number of carbonyl (C=O) groups excluding carboxylic acids is 2. The second-order valence-electron chi connectivity index (χ2n) is 7.98. The Labute approximate surface area is 197 Å². The lowest BCUT2D eigenvalue weighted by molar-refractivity contribution is -0.250. The van der Waals surface area contributed by atoms with Gasteiger partial charge in [-0.3, -0.25) is 14.1 Å². The molecule has 1 aromatic rings. The Balaban J connectivity index is 1.99. The van der Waals surface area contributed by atoms with E-state index >= 15 is 0 Å². The van der Waals surface area contributed by atoms with Crippen LogP contribution in [0.5, 0.6) is 5.75 Å². The summed E-state index contributed by atoms with van der Waals surface area (Å²) in [7, 11) is -4.40. The molecule has 13 heteroatoms. The van der Waals surface area contributed by atoms with Crippen molar-refractivity contribution >= 4 is 19.6 Å². The van der Waals surface area contributed by atoms with Gasteiger partial charge in [0.2, 0.25) is 5.91 Å². The number of esters is 1. The molecule has 0 saturated carbocycles. The number of nitrogens with one attached hydrogen (secondary N) is 1. The SMILES string of the molecule is CCOC(=O)C1CCCN1P(=O)(Oc1ccccc1)O[C@@H]1[C@H](O)[C@@H](CO)O[C@H](O)[C@@H]1NC(C)=O. The first-order valence-electron chi connectivity index (χ1n) is 11.1. The summed E-state index contributed by atoms with van der Waals surface area (Å²) in [6.07, 6.45) is -5.22. The predicted molar refractivity (Wildman–Crippen MR) is 117 cm³/mol. The summed E-state index contributed by atoms with van der Waals surface area (Å²) >= 11 is 0. The lowest BCUT2D eigenvalue weighted by Gasteiger charge is -2.44. The molecule has 0 radical (unpaired) electrons. The first kappa shape index (κ1) is 26.6. The van der Waals surface area contributed by atoms with E-state index in [0.717, 1.165) is 0 Å². The van der Waals surface area contributed by atoms with Crippen molar-refractivity contribution in [2.75, 3.05) is 19.8 Å². The minimum atomic E-state index is -4.40. The molecule has 2 heterocycles. The van der Waals surface area contributed by atoms with Crippen molar-refractivity contribution in [3.8, 4) is 5.75 Å². The van der Waals surface area contributed by atoms with E-state index in [4.69, 9.17) is 18.5 Å². The normalized spacial score (nSPS) is 31.4. The van der Waals surface area contributed by atoms with Gasteiger partial charge < -0.3 is 34.6 Å². The van der Waals surface area contributed by atoms with E-state index in [9.17, 15) is 29.5 Å². The van der Waals surface area contributed by atoms with Crippen LogP contribution in [-0.4, -0.2) is 88.3 Å². The summed E-state index contributed by atoms with van der Waals surface area (Å²) in [5.41, 5.74) is 0. The van der Waals surface area contributed by atoms with Crippen LogP contribution in [0.2, 0.25) is 0 Å². The number of rotatable bonds is 9. The van der Waals surface area contributed by atoms with Gasteiger partial charge in [-0.2, -0.15) is 4.67 Å². The van der Waals surface area contributed by atoms with Crippen molar-refractivity contribution in [1.29, 1.82) is 0 Å². The van der Waals surface area contributed by atoms with Gasteiger partial charge in [0.15, 0.2) is 6.29 Å². The zero-order valence-corrected chi connectivity index (χ0v) is 19.9. The number of nitrogens with zero attached hydrogens (tertiary/aromatic N) is 1. The van der Waals surface area contributed by atoms with E-state index < -0.39 is 62.9 Å². The molecule has 12 nitrogen and oxygen atoms in total. The molecule has 34 heavy (non-hydrogen) atoms. The maximum Gasteiger partial charge on any atom is 0.462 e. The van der Waals surface area contributed by atoms with E-state index in [1.165, 1.54) is 11.6 Å². The van der Waals surface area contributed by atoms with Crippen LogP contribution < -0.4 is 9.84 Å². The van der Waals surface area contributed by atoms with Gasteiger partial charge in [0.25, 0.3) is 0 Å². The average molecular weight is 502 g/mol. The number of carbonyl (C=O) groups is 2. The lowest BCUT2D eigenvalue weighted by atomic mass is 9.97. The Morgan fingerprint density at radius 1 is 1.26 bits per heavy atom. The van der Waals surface area contributed by atoms with Crippen molar-refractivity contribution in [2.24, 2.45) is 0 Å². The Kier molecular flexibility index (Phi) is 9.05. The first-order chi connectivity index (χ1) is 16.2. The number of hydrogen-bond donors (Lipinski definition) is 4. The van der Waals surface area contributed by atoms with Crippen LogP contribution in [0.3, 0.4) is 0 Å². The largest absolute Gasteiger partial charge is 0.465 e. The smallest absolute Gasteiger partial charge is 0.462 e. The van der Waals surface area contributed by atoms with Gasteiger partial charge >= 0.3 is 13.7 Å². The second kappa shape index (κ2) is 11.6. The topological polar surface area (TPSA) is 164 Å². The molecule has 0 aliphatic carbocycles. The summed E-state index contributed by atoms with van der Waals surface area (Å²) in [5.74, 6) is -0.989. The Morgan fingerprint density at radius 3 is 2.59 bits per heavy atom. The maximum absolute atomic E-state index is 14.3. The molecule has 2 fully saturated rings. The van der Waals surface area contributed by atoms with E-state index in [1.54, 1.807) is 37.3 Å². The third-order valence-corrected chi connectivity index (χ3v) is 7.62. The summed E-state index contributed by atoms with van der Waals surface area (Å²) < 4.78 is 37.6. The fraction of sp³-hybridized carbons (Fsp3) is 0.619. The molecule has 1 aromatic carbocycles. The third kappa shape index (κ3) is 5.95. The number of benzene rings is 1. The van der Waals surface area contributed by atoms with Gasteiger partial charge in [-0.15, -0.1) is 0 Å². The van der Waals surface area contributed by atoms with Crippen LogP contribution in [-0.2, 0) is 28.2 Å². The molecule has 190 valence electrons. The molecular weight excluding hydrogens is 471 g/mol. The zero-order valence-electron chi connectivity index (χ0n) is 19.0. The third-order valence-electron chi connectivity index (χ3n) is 5.56. The Bertz CT molecular complexity index is 888. The highest BCUT2D eigenvalue weighted by molar-refractivity contribution is 7.51. The minimum Gasteiger partial charge on any atom is -0.465 e. The molecule has 4 N–H and O–H groups in total. The fourth-order valence-corrected chi connectivity index (χ4v) is 6.18. The molecule has 2 aliphatic heterocycles. The number of hydrogen-bond acceptors (Lipinski definition) is 10. The second-order valence-corrected chi connectivity index (χ2v) is 9.82. The maximum atomic E-state index is 14.3. The number of aliphatic hydroxyl groups excluding tert-OH is 3. The van der Waals surface area contributed by atoms with Crippen molar-refractivity contribution in [2.45, 2.75) is 63.4 Å². The summed E-state index contributed by atoms with van der Waals surface area (Å²) in [6, 6.07) is 5.86. The van der Waals surface area contributed by atoms with Crippen LogP contribution in [0.4, 0.5) is 0 Å². The highest BCUT2D eigenvalue weighted by atomic mass is 31.2. The van der Waals surface area contributed by atoms with E-state index in [0.29, 0.717) is 12.8 Å². The van der Waals surface area contributed by atoms with Gasteiger partial charge in [-0.1, -0.05) is 18.2 Å². The van der Waals surface area contributed by atoms with Crippen molar-refractivity contribution in [3.63, 3.8) is 0 Å². The number of ether oxygens (including phenoxy) is 2. The Hall–Kier alpha value is -2.05. The molecule has 1 amide bonds. The van der Waals surface area contributed by atoms with Crippen LogP contribution in [0.1, 0.15) is 26.7 Å². The molecule has 2 aliphatic rings. The quantitative estimate of drug-likeness (QED) is 0.269. The molecule has 7 atom stereocenters. The van der Waals surface area contributed by atoms with Gasteiger partial charge in [0.05, 0.1) is 13.2 Å². The van der Waals surface area contributed by atoms with Crippen molar-refractivity contribution in [3.05, 3.63) is 30.3 Å². The number of amides is 1. The molecular formula is C21H31N2O10P. The zero-order chi connectivity index (χ0) is 24.9. The van der Waals surface area contributed by atoms with Crippen molar-refractivity contribution in [1.82, 2.24) is 9.99 Å². The molecule has 2 saturated heterocycles. The minimum absolute atomic E-state index is 0.127. The first-order valence-corrected chi connectivity index (χ1v) is 12.6. The summed E-state index contributed by atoms with van der Waals surface area (Å²) in [6.45, 7) is 2.46. The lowest BCUT2D eigenvalue weighted by Crippen LogP contribution is -2.64. The molecule has 2 unspecified atom stereocenters. The molecule has 0 aromatic heterocycles. The van der Waals surface area contributed by atoms with E-state index in [-0.39, 0.29) is 18.9 Å². The molecule has 0 bridgehead atoms. The Morgan fingerprint density at radius 2 is 1.97 bits per heavy atom. The number of para-hydroxylation sites is 1. The van der Waals surface area contributed by atoms with E-state index in [1.807, 2.05) is 0 Å². The predicted octanol–water partition coefficient (Wildman–Crippen LogP) is 0.161. The van der Waals surface area contributed by atoms with Crippen LogP contribution in [0, 0.1) is 0 Å². The van der Waals surface area contributed by atoms with Crippen LogP contribution >= 0.6 is 7.75 Å². The highest BCUT2D eigenvalue weighted by Crippen LogP contribution is 2.57. The monoisotopic (exact) mass is 502 g/mol. The average Bonchev–Trinajstić information content (AvgIpc) is 3.30. The van der Waals surface area contributed by atoms with E-state index in [2.05, 4.69) is 5.32 Å². The summed E-state index contributed by atoms with van der Waals surface area (Å²) in [5, 5.41) is 33.2. The summed E-state index contributed by atoms with van der Waals surface area (Å²) in [4.78, 5) is 24.3. The van der Waals surface area contributed by atoms with Gasteiger partial charge in [-0.25, -0.2) is 4.57 Å². The molecule has 3 rings (SSSR count). The van der Waals surface area contributed by atoms with Crippen molar-refractivity contribution < 1.29 is 48.0 Å². The van der Waals surface area contributed by atoms with Gasteiger partial charge in [-0.05, 0) is 31.9 Å². The molecule has 0 spiro atoms. The number of aliphatic hydroxyl groups is 3. The van der Waals surface area contributed by atoms with Crippen LogP contribution in [0.15, 0.2) is 30.3 Å². The van der Waals surface area contributed by atoms with Gasteiger partial charge in [0.1, 0.15) is 36.1 Å². The van der Waals surface area contributed by atoms with Crippen LogP contribution in [0.25, 0.3) is 0 Å². The fourth-order valence-electron chi connectivity index (χ4n) is 4.02. The standard InChI is InChI=1S/C21H31N2O10P/c1-3-30-20(27)15-10-7-11-23(15)34(29,32-14-8-5-4-6-9-14)33-19-17(22-13(2)25)21(28)31-16(12-24)18(19)26/h4-6,8-9,15-19,21,24,26,28H,3,7,10-12H2,1-2H3,(H,22,25)/t15?,16-,17-,18-,19+,21+,34?/m1/s1.